The van der Waals surface area contributed by atoms with E-state index in [1.807, 2.05) is 0 Å². The molecule has 0 aliphatic heterocycles. The second-order valence-corrected chi connectivity index (χ2v) is 4.36. The summed E-state index contributed by atoms with van der Waals surface area (Å²) < 4.78 is 175. The van der Waals surface area contributed by atoms with Gasteiger partial charge in [0.15, 0.2) is 0 Å². The minimum Gasteiger partial charge on any atom is -0.409 e. The molecule has 18 heteroatoms. The Morgan fingerprint density at radius 2 is 0.643 bits per heavy atom. The van der Waals surface area contributed by atoms with Crippen LogP contribution in [0.25, 0.3) is 0 Å². The van der Waals surface area contributed by atoms with Gasteiger partial charge in [0, 0.05) is 12.2 Å². The SMILES string of the molecule is O=C(/C=C/C(=O)OC(F)(C(F)(F)F)C(F)(F)F)OC(F)(C(F)(F)F)C(F)(F)F. The third kappa shape index (κ3) is 5.15. The summed E-state index contributed by atoms with van der Waals surface area (Å²) >= 11 is 0. The van der Waals surface area contributed by atoms with Gasteiger partial charge >= 0.3 is 48.4 Å². The Balaban J connectivity index is 5.50. The van der Waals surface area contributed by atoms with Crippen LogP contribution in [0.15, 0.2) is 12.2 Å². The minimum atomic E-state index is -6.92. The van der Waals surface area contributed by atoms with Crippen molar-refractivity contribution in [1.29, 1.82) is 0 Å². The van der Waals surface area contributed by atoms with Crippen molar-refractivity contribution in [3.05, 3.63) is 12.2 Å². The van der Waals surface area contributed by atoms with Crippen molar-refractivity contribution in [2.45, 2.75) is 36.4 Å². The van der Waals surface area contributed by atoms with Crippen molar-refractivity contribution in [3.8, 4) is 0 Å². The molecular formula is C10H2F14O4. The van der Waals surface area contributed by atoms with Gasteiger partial charge in [-0.3, -0.25) is 0 Å². The lowest BCUT2D eigenvalue weighted by atomic mass is 10.3. The number of carbonyl (C=O) groups is 2. The smallest absolute Gasteiger partial charge is 0.409 e. The molecule has 28 heavy (non-hydrogen) atoms. The highest BCUT2D eigenvalue weighted by atomic mass is 19.4. The molecule has 0 saturated heterocycles. The van der Waals surface area contributed by atoms with E-state index in [1.54, 1.807) is 0 Å². The van der Waals surface area contributed by atoms with E-state index < -0.39 is 60.5 Å². The first-order chi connectivity index (χ1) is 12.0. The second-order valence-electron chi connectivity index (χ2n) is 4.36. The Labute approximate surface area is 142 Å². The fourth-order valence-electron chi connectivity index (χ4n) is 1.03. The molecule has 164 valence electrons. The Hall–Kier alpha value is -2.30. The maximum atomic E-state index is 13.0. The fraction of sp³-hybridized carbons (Fsp3) is 0.600. The van der Waals surface area contributed by atoms with Gasteiger partial charge in [-0.15, -0.1) is 0 Å². The van der Waals surface area contributed by atoms with Gasteiger partial charge < -0.3 is 9.47 Å². The monoisotopic (exact) mass is 452 g/mol. The van der Waals surface area contributed by atoms with E-state index in [-0.39, 0.29) is 0 Å². The first-order valence-corrected chi connectivity index (χ1v) is 5.78. The first-order valence-electron chi connectivity index (χ1n) is 5.78. The maximum absolute atomic E-state index is 13.0. The van der Waals surface area contributed by atoms with Gasteiger partial charge in [-0.1, -0.05) is 0 Å². The number of esters is 2. The third-order valence-electron chi connectivity index (χ3n) is 2.30. The molecule has 0 unspecified atom stereocenters. The van der Waals surface area contributed by atoms with E-state index >= 15 is 0 Å². The first kappa shape index (κ1) is 25.7. The quantitative estimate of drug-likeness (QED) is 0.365. The number of alkyl halides is 14. The summed E-state index contributed by atoms with van der Waals surface area (Å²) in [5.41, 5.74) is 0. The minimum absolute atomic E-state index is 0.971. The Bertz CT molecular complexity index is 540. The number of hydrogen-bond donors (Lipinski definition) is 0. The van der Waals surface area contributed by atoms with Crippen LogP contribution >= 0.6 is 0 Å². The largest absolute Gasteiger partial charge is 0.470 e. The zero-order valence-electron chi connectivity index (χ0n) is 12.1. The summed E-state index contributed by atoms with van der Waals surface area (Å²) in [5.74, 6) is -19.4. The lowest BCUT2D eigenvalue weighted by Gasteiger charge is -2.28. The van der Waals surface area contributed by atoms with Gasteiger partial charge in [0.1, 0.15) is 0 Å². The normalized spacial score (nSPS) is 14.9. The van der Waals surface area contributed by atoms with Crippen LogP contribution in [-0.4, -0.2) is 48.4 Å². The zero-order valence-corrected chi connectivity index (χ0v) is 12.1. The van der Waals surface area contributed by atoms with Crippen molar-refractivity contribution < 1.29 is 80.5 Å². The number of ether oxygens (including phenoxy) is 2. The molecule has 0 aromatic rings. The molecule has 0 saturated carbocycles. The van der Waals surface area contributed by atoms with Crippen LogP contribution in [0.3, 0.4) is 0 Å². The van der Waals surface area contributed by atoms with Crippen molar-refractivity contribution >= 4 is 11.9 Å². The van der Waals surface area contributed by atoms with Crippen LogP contribution in [0.2, 0.25) is 0 Å². The van der Waals surface area contributed by atoms with E-state index in [9.17, 15) is 71.1 Å². The Kier molecular flexibility index (Phi) is 6.67. The van der Waals surface area contributed by atoms with Crippen molar-refractivity contribution in [3.63, 3.8) is 0 Å². The van der Waals surface area contributed by atoms with E-state index in [1.165, 1.54) is 0 Å². The predicted octanol–water partition coefficient (Wildman–Crippen LogP) is 4.21. The Morgan fingerprint density at radius 1 is 0.464 bits per heavy atom. The Morgan fingerprint density at radius 3 is 0.786 bits per heavy atom. The molecule has 0 heterocycles. The van der Waals surface area contributed by atoms with Crippen LogP contribution in [0.1, 0.15) is 0 Å². The molecule has 0 N–H and O–H groups in total. The molecule has 0 fully saturated rings. The standard InChI is InChI=1S/C10H2F14O4/c11-5(7(13,14)15,8(16,17)18)27-3(25)1-2-4(26)28-6(12,9(19,20)21)10(22,23)24/h1-2H/b2-1+. The van der Waals surface area contributed by atoms with Gasteiger partial charge in [0.2, 0.25) is 0 Å². The van der Waals surface area contributed by atoms with E-state index in [0.29, 0.717) is 0 Å². The molecule has 4 nitrogen and oxygen atoms in total. The summed E-state index contributed by atoms with van der Waals surface area (Å²) in [7, 11) is 0. The van der Waals surface area contributed by atoms with Crippen LogP contribution in [-0.2, 0) is 19.1 Å². The third-order valence-corrected chi connectivity index (χ3v) is 2.30. The van der Waals surface area contributed by atoms with E-state index in [4.69, 9.17) is 0 Å². The molecule has 0 aromatic heterocycles. The van der Waals surface area contributed by atoms with Crippen molar-refractivity contribution in [1.82, 2.24) is 0 Å². The van der Waals surface area contributed by atoms with Crippen LogP contribution in [0.5, 0.6) is 0 Å². The number of halogens is 14. The molecule has 0 bridgehead atoms. The highest BCUT2D eigenvalue weighted by Gasteiger charge is 2.77. The number of carbonyl (C=O) groups excluding carboxylic acids is 2. The van der Waals surface area contributed by atoms with Gasteiger partial charge in [-0.05, 0) is 0 Å². The summed E-state index contributed by atoms with van der Waals surface area (Å²) in [6.07, 6.45) is -29.6. The molecule has 0 rings (SSSR count). The molecule has 0 atom stereocenters. The van der Waals surface area contributed by atoms with E-state index in [0.717, 1.165) is 0 Å². The second kappa shape index (κ2) is 7.26. The molecule has 0 spiro atoms. The summed E-state index contributed by atoms with van der Waals surface area (Å²) in [6, 6.07) is 0. The molecule has 0 aromatic carbocycles. The topological polar surface area (TPSA) is 52.6 Å². The maximum Gasteiger partial charge on any atom is 0.470 e. The lowest BCUT2D eigenvalue weighted by molar-refractivity contribution is -0.416. The highest BCUT2D eigenvalue weighted by Crippen LogP contribution is 2.48. The number of rotatable bonds is 4. The summed E-state index contributed by atoms with van der Waals surface area (Å²) in [5, 5.41) is 0. The van der Waals surface area contributed by atoms with Gasteiger partial charge in [0.25, 0.3) is 0 Å². The van der Waals surface area contributed by atoms with Crippen LogP contribution < -0.4 is 0 Å². The van der Waals surface area contributed by atoms with Crippen molar-refractivity contribution in [2.24, 2.45) is 0 Å². The lowest BCUT2D eigenvalue weighted by Crippen LogP contribution is -2.56. The summed E-state index contributed by atoms with van der Waals surface area (Å²) in [6.45, 7) is 0. The molecule has 0 aliphatic carbocycles. The van der Waals surface area contributed by atoms with Gasteiger partial charge in [-0.25, -0.2) is 9.59 Å². The molecule has 0 amide bonds. The van der Waals surface area contributed by atoms with Gasteiger partial charge in [-0.2, -0.15) is 61.5 Å². The van der Waals surface area contributed by atoms with Crippen LogP contribution in [0, 0.1) is 0 Å². The molecule has 0 radical (unpaired) electrons. The van der Waals surface area contributed by atoms with Gasteiger partial charge in [0.05, 0.1) is 0 Å². The molecule has 0 aliphatic rings. The molecular weight excluding hydrogens is 450 g/mol. The van der Waals surface area contributed by atoms with Crippen molar-refractivity contribution in [2.75, 3.05) is 0 Å². The number of hydrogen-bond acceptors (Lipinski definition) is 4. The zero-order chi connectivity index (χ0) is 23.0. The van der Waals surface area contributed by atoms with Crippen LogP contribution in [0.4, 0.5) is 61.5 Å². The average Bonchev–Trinajstić information content (AvgIpc) is 2.40. The highest BCUT2D eigenvalue weighted by molar-refractivity contribution is 5.92. The van der Waals surface area contributed by atoms with E-state index in [2.05, 4.69) is 9.47 Å². The predicted molar refractivity (Wildman–Crippen MR) is 53.2 cm³/mol. The average molecular weight is 452 g/mol. The fourth-order valence-corrected chi connectivity index (χ4v) is 1.03. The summed E-state index contributed by atoms with van der Waals surface area (Å²) in [4.78, 5) is 21.4.